The average Bonchev–Trinajstić information content (AvgIpc) is 2.78. The molecule has 1 aromatic rings. The number of aryl methyl sites for hydroxylation is 1. The molecule has 0 aromatic carbocycles. The lowest BCUT2D eigenvalue weighted by atomic mass is 9.95. The Kier molecular flexibility index (Phi) is 4.54. The highest BCUT2D eigenvalue weighted by molar-refractivity contribution is 7.14. The fraction of sp³-hybridized carbons (Fsp3) is 0.643. The number of ketones is 1. The second-order valence-corrected chi connectivity index (χ2v) is 6.40. The van der Waals surface area contributed by atoms with Crippen LogP contribution in [0.1, 0.15) is 27.9 Å². The van der Waals surface area contributed by atoms with E-state index in [9.17, 15) is 4.79 Å². The molecule has 100 valence electrons. The molecular formula is C14H21NO2S. The van der Waals surface area contributed by atoms with Crippen LogP contribution >= 0.6 is 11.3 Å². The lowest BCUT2D eigenvalue weighted by molar-refractivity contribution is -0.00320. The van der Waals surface area contributed by atoms with Gasteiger partial charge in [-0.1, -0.05) is 6.92 Å². The van der Waals surface area contributed by atoms with Crippen LogP contribution in [-0.4, -0.2) is 43.5 Å². The summed E-state index contributed by atoms with van der Waals surface area (Å²) in [6, 6.07) is 3.94. The smallest absolute Gasteiger partial charge is 0.186 e. The van der Waals surface area contributed by atoms with Crippen molar-refractivity contribution in [1.82, 2.24) is 4.90 Å². The fourth-order valence-corrected chi connectivity index (χ4v) is 3.21. The maximum atomic E-state index is 12.1. The van der Waals surface area contributed by atoms with Crippen molar-refractivity contribution in [3.05, 3.63) is 21.9 Å². The number of likely N-dealkylation sites (tertiary alicyclic amines) is 1. The molecule has 4 heteroatoms. The van der Waals surface area contributed by atoms with E-state index in [1.807, 2.05) is 19.1 Å². The maximum absolute atomic E-state index is 12.1. The van der Waals surface area contributed by atoms with Gasteiger partial charge in [0.1, 0.15) is 0 Å². The molecule has 1 fully saturated rings. The molecule has 1 aromatic heterocycles. The molecule has 0 amide bonds. The van der Waals surface area contributed by atoms with E-state index in [0.29, 0.717) is 12.5 Å². The summed E-state index contributed by atoms with van der Waals surface area (Å²) in [5.41, 5.74) is 0. The van der Waals surface area contributed by atoms with Crippen molar-refractivity contribution in [1.29, 1.82) is 0 Å². The van der Waals surface area contributed by atoms with Crippen LogP contribution in [0.5, 0.6) is 0 Å². The number of hydrogen-bond acceptors (Lipinski definition) is 4. The Balaban J connectivity index is 1.92. The zero-order valence-corrected chi connectivity index (χ0v) is 12.1. The van der Waals surface area contributed by atoms with Crippen LogP contribution in [0.15, 0.2) is 12.1 Å². The molecule has 2 atom stereocenters. The molecule has 2 heterocycles. The van der Waals surface area contributed by atoms with Crippen LogP contribution in [0, 0.1) is 12.8 Å². The summed E-state index contributed by atoms with van der Waals surface area (Å²) in [4.78, 5) is 16.4. The molecular weight excluding hydrogens is 246 g/mol. The van der Waals surface area contributed by atoms with Crippen LogP contribution < -0.4 is 0 Å². The van der Waals surface area contributed by atoms with E-state index in [-0.39, 0.29) is 11.9 Å². The van der Waals surface area contributed by atoms with E-state index in [2.05, 4.69) is 11.8 Å². The molecule has 1 aliphatic rings. The molecule has 2 rings (SSSR count). The topological polar surface area (TPSA) is 29.5 Å². The zero-order chi connectivity index (χ0) is 13.1. The molecule has 0 aliphatic carbocycles. The van der Waals surface area contributed by atoms with Gasteiger partial charge in [-0.15, -0.1) is 11.3 Å². The number of carbonyl (C=O) groups excluding carboxylic acids is 1. The number of methoxy groups -OCH3 is 1. The molecule has 0 bridgehead atoms. The van der Waals surface area contributed by atoms with Gasteiger partial charge >= 0.3 is 0 Å². The third-order valence-corrected chi connectivity index (χ3v) is 4.70. The summed E-state index contributed by atoms with van der Waals surface area (Å²) in [5.74, 6) is 0.822. The number of thiophene rings is 1. The highest BCUT2D eigenvalue weighted by Gasteiger charge is 2.27. The highest BCUT2D eigenvalue weighted by Crippen LogP contribution is 2.21. The summed E-state index contributed by atoms with van der Waals surface area (Å²) in [7, 11) is 1.76. The predicted octanol–water partition coefficient (Wildman–Crippen LogP) is 2.60. The number of Topliss-reactive ketones (excluding diaryl/α,β-unsaturated/α-hetero) is 1. The summed E-state index contributed by atoms with van der Waals surface area (Å²) in [6.07, 6.45) is 1.37. The summed E-state index contributed by atoms with van der Waals surface area (Å²) in [6.45, 7) is 6.64. The van der Waals surface area contributed by atoms with Crippen molar-refractivity contribution in [2.75, 3.05) is 26.7 Å². The average molecular weight is 267 g/mol. The molecule has 0 spiro atoms. The van der Waals surface area contributed by atoms with Gasteiger partial charge in [-0.25, -0.2) is 0 Å². The molecule has 0 saturated carbocycles. The van der Waals surface area contributed by atoms with Crippen molar-refractivity contribution in [2.45, 2.75) is 26.4 Å². The van der Waals surface area contributed by atoms with Crippen molar-refractivity contribution in [3.8, 4) is 0 Å². The van der Waals surface area contributed by atoms with Gasteiger partial charge in [-0.2, -0.15) is 0 Å². The molecule has 0 N–H and O–H groups in total. The van der Waals surface area contributed by atoms with E-state index in [4.69, 9.17) is 4.74 Å². The first-order chi connectivity index (χ1) is 8.60. The number of ether oxygens (including phenoxy) is 1. The Morgan fingerprint density at radius 3 is 2.94 bits per heavy atom. The van der Waals surface area contributed by atoms with Gasteiger partial charge in [-0.05, 0) is 37.9 Å². The lowest BCUT2D eigenvalue weighted by Crippen LogP contribution is -2.45. The van der Waals surface area contributed by atoms with Crippen molar-refractivity contribution < 1.29 is 9.53 Å². The van der Waals surface area contributed by atoms with Crippen LogP contribution in [0.3, 0.4) is 0 Å². The first-order valence-corrected chi connectivity index (χ1v) is 7.26. The fourth-order valence-electron chi connectivity index (χ4n) is 2.41. The van der Waals surface area contributed by atoms with Crippen LogP contribution in [0.25, 0.3) is 0 Å². The SMILES string of the molecule is COC1CN(CC(=O)c2ccc(C)s2)CCC1C. The van der Waals surface area contributed by atoms with Crippen LogP contribution in [0.2, 0.25) is 0 Å². The second-order valence-electron chi connectivity index (χ2n) is 5.11. The van der Waals surface area contributed by atoms with Crippen molar-refractivity contribution in [2.24, 2.45) is 5.92 Å². The lowest BCUT2D eigenvalue weighted by Gasteiger charge is -2.35. The summed E-state index contributed by atoms with van der Waals surface area (Å²) >= 11 is 1.58. The first-order valence-electron chi connectivity index (χ1n) is 6.45. The first kappa shape index (κ1) is 13.7. The quantitative estimate of drug-likeness (QED) is 0.785. The zero-order valence-electron chi connectivity index (χ0n) is 11.3. The molecule has 2 unspecified atom stereocenters. The Morgan fingerprint density at radius 1 is 1.56 bits per heavy atom. The number of piperidine rings is 1. The van der Waals surface area contributed by atoms with Gasteiger partial charge in [0, 0.05) is 18.5 Å². The predicted molar refractivity (Wildman–Crippen MR) is 74.4 cm³/mol. The minimum atomic E-state index is 0.234. The van der Waals surface area contributed by atoms with E-state index in [0.717, 1.165) is 24.4 Å². The van der Waals surface area contributed by atoms with Gasteiger partial charge in [0.05, 0.1) is 17.5 Å². The minimum Gasteiger partial charge on any atom is -0.380 e. The number of hydrogen-bond donors (Lipinski definition) is 0. The Labute approximate surface area is 113 Å². The van der Waals surface area contributed by atoms with E-state index >= 15 is 0 Å². The van der Waals surface area contributed by atoms with Gasteiger partial charge < -0.3 is 4.74 Å². The van der Waals surface area contributed by atoms with Crippen molar-refractivity contribution in [3.63, 3.8) is 0 Å². The van der Waals surface area contributed by atoms with Gasteiger partial charge in [0.25, 0.3) is 0 Å². The minimum absolute atomic E-state index is 0.234. The number of carbonyl (C=O) groups is 1. The standard InChI is InChI=1S/C14H21NO2S/c1-10-6-7-15(9-13(10)17-3)8-12(16)14-5-4-11(2)18-14/h4-5,10,13H,6-9H2,1-3H3. The third-order valence-electron chi connectivity index (χ3n) is 3.66. The largest absolute Gasteiger partial charge is 0.380 e. The molecule has 1 aliphatic heterocycles. The normalized spacial score (nSPS) is 25.3. The Bertz CT molecular complexity index is 416. The monoisotopic (exact) mass is 267 g/mol. The third kappa shape index (κ3) is 3.19. The number of nitrogens with zero attached hydrogens (tertiary/aromatic N) is 1. The summed E-state index contributed by atoms with van der Waals surface area (Å²) in [5, 5.41) is 0. The van der Waals surface area contributed by atoms with Crippen LogP contribution in [0.4, 0.5) is 0 Å². The van der Waals surface area contributed by atoms with Crippen LogP contribution in [-0.2, 0) is 4.74 Å². The van der Waals surface area contributed by atoms with Gasteiger partial charge in [-0.3, -0.25) is 9.69 Å². The highest BCUT2D eigenvalue weighted by atomic mass is 32.1. The van der Waals surface area contributed by atoms with E-state index in [1.165, 1.54) is 4.88 Å². The Morgan fingerprint density at radius 2 is 2.33 bits per heavy atom. The van der Waals surface area contributed by atoms with E-state index < -0.39 is 0 Å². The maximum Gasteiger partial charge on any atom is 0.186 e. The van der Waals surface area contributed by atoms with Gasteiger partial charge in [0.15, 0.2) is 5.78 Å². The van der Waals surface area contributed by atoms with Gasteiger partial charge in [0.2, 0.25) is 0 Å². The molecule has 0 radical (unpaired) electrons. The Hall–Kier alpha value is -0.710. The molecule has 1 saturated heterocycles. The molecule has 3 nitrogen and oxygen atoms in total. The molecule has 18 heavy (non-hydrogen) atoms. The van der Waals surface area contributed by atoms with E-state index in [1.54, 1.807) is 18.4 Å². The number of rotatable bonds is 4. The second kappa shape index (κ2) is 5.95. The summed E-state index contributed by atoms with van der Waals surface area (Å²) < 4.78 is 5.47. The van der Waals surface area contributed by atoms with Crippen molar-refractivity contribution >= 4 is 17.1 Å².